The molecule has 0 radical (unpaired) electrons. The van der Waals surface area contributed by atoms with Gasteiger partial charge in [0.2, 0.25) is 0 Å². The van der Waals surface area contributed by atoms with E-state index in [9.17, 15) is 9.90 Å². The van der Waals surface area contributed by atoms with Crippen molar-refractivity contribution < 1.29 is 28.8 Å². The fourth-order valence-corrected chi connectivity index (χ4v) is 4.63. The molecule has 0 aliphatic carbocycles. The van der Waals surface area contributed by atoms with E-state index in [-0.39, 0.29) is 31.2 Å². The minimum Gasteiger partial charge on any atom is -0.544 e. The third kappa shape index (κ3) is 5.13. The molecule has 124 valence electrons. The number of carbonyl (C=O) groups excluding carboxylic acids is 1. The maximum Gasteiger partial charge on any atom is 1.00 e. The van der Waals surface area contributed by atoms with Crippen LogP contribution in [0.1, 0.15) is 17.1 Å². The number of rotatable bonds is 1. The van der Waals surface area contributed by atoms with Gasteiger partial charge in [-0.1, -0.05) is 7.43 Å². The Balaban J connectivity index is 0.000000237. The molecule has 0 saturated carbocycles. The van der Waals surface area contributed by atoms with Crippen LogP contribution >= 0.6 is 54.5 Å². The van der Waals surface area contributed by atoms with Gasteiger partial charge in [-0.2, -0.15) is 0 Å². The fourth-order valence-electron chi connectivity index (χ4n) is 1.85. The predicted octanol–water partition coefficient (Wildman–Crippen LogP) is 2.12. The van der Waals surface area contributed by atoms with Gasteiger partial charge in [-0.3, -0.25) is 9.97 Å². The Bertz CT molecular complexity index is 1000. The second kappa shape index (κ2) is 9.81. The van der Waals surface area contributed by atoms with Crippen molar-refractivity contribution in [2.75, 3.05) is 0 Å². The summed E-state index contributed by atoms with van der Waals surface area (Å²) in [5.74, 6) is -1.16. The quantitative estimate of drug-likeness (QED) is 0.381. The SMILES string of the molecule is Brc1ccnc2ccsc12.C.O=C([O-])c1cc2nccc(Br)c2s1.[Li+]. The summed E-state index contributed by atoms with van der Waals surface area (Å²) in [7, 11) is 0. The third-order valence-electron chi connectivity index (χ3n) is 2.86. The van der Waals surface area contributed by atoms with E-state index in [1.807, 2.05) is 17.5 Å². The van der Waals surface area contributed by atoms with Crippen LogP contribution < -0.4 is 24.0 Å². The topological polar surface area (TPSA) is 65.9 Å². The maximum atomic E-state index is 10.5. The molecule has 0 spiro atoms. The number of hydrogen-bond donors (Lipinski definition) is 0. The zero-order valence-corrected chi connectivity index (χ0v) is 17.1. The monoisotopic (exact) mass is 492 g/mol. The molecular formula is C16H11Br2LiN2O2S2. The first-order valence-electron chi connectivity index (χ1n) is 6.29. The predicted molar refractivity (Wildman–Crippen MR) is 106 cm³/mol. The summed E-state index contributed by atoms with van der Waals surface area (Å²) in [6, 6.07) is 7.27. The Morgan fingerprint density at radius 3 is 2.16 bits per heavy atom. The van der Waals surface area contributed by atoms with E-state index in [0.29, 0.717) is 5.52 Å². The number of carbonyl (C=O) groups is 1. The van der Waals surface area contributed by atoms with Crippen molar-refractivity contribution in [1.29, 1.82) is 0 Å². The van der Waals surface area contributed by atoms with Crippen molar-refractivity contribution in [2.45, 2.75) is 7.43 Å². The maximum absolute atomic E-state index is 10.5. The van der Waals surface area contributed by atoms with Crippen LogP contribution in [-0.4, -0.2) is 15.9 Å². The fraction of sp³-hybridized carbons (Fsp3) is 0.0625. The minimum atomic E-state index is -1.16. The van der Waals surface area contributed by atoms with Crippen LogP contribution in [0, 0.1) is 0 Å². The molecule has 0 aliphatic rings. The molecule has 0 atom stereocenters. The number of aromatic carboxylic acids is 1. The number of pyridine rings is 2. The van der Waals surface area contributed by atoms with Gasteiger partial charge in [-0.25, -0.2) is 0 Å². The summed E-state index contributed by atoms with van der Waals surface area (Å²) in [6.45, 7) is 0. The molecule has 0 amide bonds. The average Bonchev–Trinajstić information content (AvgIpc) is 3.15. The Morgan fingerprint density at radius 1 is 1.00 bits per heavy atom. The number of carboxylic acid groups (broad SMARTS) is 1. The Labute approximate surface area is 181 Å². The summed E-state index contributed by atoms with van der Waals surface area (Å²) in [4.78, 5) is 19.0. The molecule has 0 aliphatic heterocycles. The Kier molecular flexibility index (Phi) is 8.75. The van der Waals surface area contributed by atoms with Gasteiger partial charge in [0.15, 0.2) is 0 Å². The van der Waals surface area contributed by atoms with Gasteiger partial charge in [0.1, 0.15) is 0 Å². The van der Waals surface area contributed by atoms with E-state index < -0.39 is 5.97 Å². The van der Waals surface area contributed by atoms with Crippen LogP contribution in [-0.2, 0) is 0 Å². The molecular weight excluding hydrogens is 483 g/mol. The molecule has 4 nitrogen and oxygen atoms in total. The molecule has 0 unspecified atom stereocenters. The number of fused-ring (bicyclic) bond motifs is 2. The van der Waals surface area contributed by atoms with Crippen LogP contribution in [0.2, 0.25) is 0 Å². The number of hydrogen-bond acceptors (Lipinski definition) is 6. The number of thiophene rings is 2. The van der Waals surface area contributed by atoms with Gasteiger partial charge in [0.25, 0.3) is 0 Å². The summed E-state index contributed by atoms with van der Waals surface area (Å²) in [6.07, 6.45) is 3.43. The van der Waals surface area contributed by atoms with Gasteiger partial charge in [0, 0.05) is 21.3 Å². The van der Waals surface area contributed by atoms with Gasteiger partial charge < -0.3 is 9.90 Å². The molecule has 0 fully saturated rings. The average molecular weight is 494 g/mol. The molecule has 25 heavy (non-hydrogen) atoms. The number of aromatic nitrogens is 2. The van der Waals surface area contributed by atoms with E-state index in [1.54, 1.807) is 29.8 Å². The first-order chi connectivity index (χ1) is 11.1. The molecule has 4 aromatic rings. The van der Waals surface area contributed by atoms with Crippen molar-refractivity contribution >= 4 is 80.9 Å². The Morgan fingerprint density at radius 2 is 1.60 bits per heavy atom. The normalized spacial score (nSPS) is 9.68. The van der Waals surface area contributed by atoms with Crippen LogP contribution in [0.15, 0.2) is 51.0 Å². The third-order valence-corrected chi connectivity index (χ3v) is 6.78. The first kappa shape index (κ1) is 22.3. The van der Waals surface area contributed by atoms with Gasteiger partial charge in [0.05, 0.1) is 31.3 Å². The van der Waals surface area contributed by atoms with Crippen molar-refractivity contribution in [2.24, 2.45) is 0 Å². The van der Waals surface area contributed by atoms with Gasteiger partial charge >= 0.3 is 18.9 Å². The van der Waals surface area contributed by atoms with Crippen molar-refractivity contribution in [3.63, 3.8) is 0 Å². The second-order valence-electron chi connectivity index (χ2n) is 4.33. The van der Waals surface area contributed by atoms with E-state index in [1.165, 1.54) is 10.8 Å². The standard InChI is InChI=1S/C8H4BrNO2S.C7H4BrNS.CH4.Li/c9-4-1-2-10-5-3-6(8(11)12)13-7(4)5;8-5-1-3-9-6-2-4-10-7(5)6;;/h1-3H,(H,11,12);1-4H;1H4;/q;;;+1/p-1. The molecule has 0 aromatic carbocycles. The summed E-state index contributed by atoms with van der Waals surface area (Å²) >= 11 is 9.63. The Hall–Kier alpha value is -0.753. The van der Waals surface area contributed by atoms with Crippen LogP contribution in [0.25, 0.3) is 20.4 Å². The van der Waals surface area contributed by atoms with E-state index >= 15 is 0 Å². The first-order valence-corrected chi connectivity index (χ1v) is 9.57. The summed E-state index contributed by atoms with van der Waals surface area (Å²) in [5.41, 5.74) is 1.75. The molecule has 0 saturated heterocycles. The second-order valence-corrected chi connectivity index (χ2v) is 8.01. The van der Waals surface area contributed by atoms with Crippen LogP contribution in [0.3, 0.4) is 0 Å². The number of halogens is 2. The zero-order chi connectivity index (χ0) is 16.4. The van der Waals surface area contributed by atoms with Gasteiger partial charge in [-0.05, 0) is 61.5 Å². The minimum absolute atomic E-state index is 0. The van der Waals surface area contributed by atoms with Gasteiger partial charge in [-0.15, -0.1) is 22.7 Å². The zero-order valence-electron chi connectivity index (χ0n) is 12.3. The van der Waals surface area contributed by atoms with Crippen LogP contribution in [0.4, 0.5) is 0 Å². The van der Waals surface area contributed by atoms with Crippen LogP contribution in [0.5, 0.6) is 0 Å². The number of nitrogens with zero attached hydrogens (tertiary/aromatic N) is 2. The largest absolute Gasteiger partial charge is 1.00 e. The summed E-state index contributed by atoms with van der Waals surface area (Å²) < 4.78 is 4.05. The number of carboxylic acids is 1. The molecule has 0 bridgehead atoms. The smallest absolute Gasteiger partial charge is 0.544 e. The van der Waals surface area contributed by atoms with Crippen molar-refractivity contribution in [3.05, 3.63) is 55.9 Å². The molecule has 4 aromatic heterocycles. The van der Waals surface area contributed by atoms with Crippen molar-refractivity contribution in [1.82, 2.24) is 9.97 Å². The van der Waals surface area contributed by atoms with E-state index in [0.717, 1.165) is 30.5 Å². The molecule has 4 heterocycles. The molecule has 4 rings (SSSR count). The van der Waals surface area contributed by atoms with Crippen molar-refractivity contribution in [3.8, 4) is 0 Å². The molecule has 9 heteroatoms. The summed E-state index contributed by atoms with van der Waals surface area (Å²) in [5, 5.41) is 12.6. The van der Waals surface area contributed by atoms with E-state index in [4.69, 9.17) is 0 Å². The van der Waals surface area contributed by atoms with E-state index in [2.05, 4.69) is 41.8 Å². The molecule has 0 N–H and O–H groups in total.